The quantitative estimate of drug-likeness (QED) is 0.563. The number of fused-ring (bicyclic) bond motifs is 2. The van der Waals surface area contributed by atoms with E-state index < -0.39 is 0 Å². The Hall–Kier alpha value is -3.10. The van der Waals surface area contributed by atoms with E-state index in [0.29, 0.717) is 18.0 Å². The predicted octanol–water partition coefficient (Wildman–Crippen LogP) is 2.61. The van der Waals surface area contributed by atoms with E-state index in [4.69, 9.17) is 4.74 Å². The first-order chi connectivity index (χ1) is 14.8. The number of hydrogen-bond donors (Lipinski definition) is 1. The summed E-state index contributed by atoms with van der Waals surface area (Å²) in [4.78, 5) is 15.9. The number of rotatable bonds is 4. The SMILES string of the molecule is c1cnc2ncc(-c3ccn4nc(NC5CC(N6CCOCC6)C5)ncc34)cc2c1. The van der Waals surface area contributed by atoms with E-state index in [-0.39, 0.29) is 0 Å². The Labute approximate surface area is 173 Å². The van der Waals surface area contributed by atoms with Gasteiger partial charge in [0, 0.05) is 60.3 Å². The molecule has 1 saturated carbocycles. The van der Waals surface area contributed by atoms with Gasteiger partial charge in [-0.25, -0.2) is 19.5 Å². The number of nitrogens with one attached hydrogen (secondary N) is 1. The van der Waals surface area contributed by atoms with Crippen molar-refractivity contribution < 1.29 is 4.74 Å². The lowest BCUT2D eigenvalue weighted by Gasteiger charge is -2.44. The summed E-state index contributed by atoms with van der Waals surface area (Å²) in [6.45, 7) is 3.80. The molecule has 8 heteroatoms. The Kier molecular flexibility index (Phi) is 4.32. The minimum atomic E-state index is 0.433. The highest BCUT2D eigenvalue weighted by molar-refractivity contribution is 5.86. The molecule has 152 valence electrons. The molecule has 0 atom stereocenters. The molecule has 0 aromatic carbocycles. The van der Waals surface area contributed by atoms with Crippen LogP contribution in [0.1, 0.15) is 12.8 Å². The zero-order chi connectivity index (χ0) is 19.9. The topological polar surface area (TPSA) is 80.5 Å². The van der Waals surface area contributed by atoms with Gasteiger partial charge in [-0.1, -0.05) is 0 Å². The van der Waals surface area contributed by atoms with Gasteiger partial charge < -0.3 is 10.1 Å². The van der Waals surface area contributed by atoms with Crippen LogP contribution in [0.4, 0.5) is 5.95 Å². The fourth-order valence-electron chi connectivity index (χ4n) is 4.45. The second kappa shape index (κ2) is 7.30. The third kappa shape index (κ3) is 3.18. The molecule has 4 aromatic heterocycles. The van der Waals surface area contributed by atoms with Gasteiger partial charge in [-0.2, -0.15) is 0 Å². The summed E-state index contributed by atoms with van der Waals surface area (Å²) in [5, 5.41) is 9.18. The van der Waals surface area contributed by atoms with Crippen molar-refractivity contribution in [2.24, 2.45) is 0 Å². The summed E-state index contributed by atoms with van der Waals surface area (Å²) in [5.74, 6) is 0.677. The fourth-order valence-corrected chi connectivity index (χ4v) is 4.45. The van der Waals surface area contributed by atoms with Crippen LogP contribution in [0, 0.1) is 0 Å². The molecule has 2 aliphatic rings. The number of anilines is 1. The fraction of sp³-hybridized carbons (Fsp3) is 0.364. The molecular weight excluding hydrogens is 378 g/mol. The number of aromatic nitrogens is 5. The van der Waals surface area contributed by atoms with E-state index in [0.717, 1.165) is 66.8 Å². The van der Waals surface area contributed by atoms with Gasteiger partial charge in [-0.3, -0.25) is 4.90 Å². The predicted molar refractivity (Wildman–Crippen MR) is 114 cm³/mol. The lowest BCUT2D eigenvalue weighted by molar-refractivity contribution is -0.00443. The maximum atomic E-state index is 5.45. The normalized spacial score (nSPS) is 22.3. The summed E-state index contributed by atoms with van der Waals surface area (Å²) in [7, 11) is 0. The van der Waals surface area contributed by atoms with E-state index in [1.807, 2.05) is 35.2 Å². The zero-order valence-electron chi connectivity index (χ0n) is 16.6. The van der Waals surface area contributed by atoms with Gasteiger partial charge in [0.25, 0.3) is 0 Å². The molecule has 1 aliphatic carbocycles. The van der Waals surface area contributed by atoms with Gasteiger partial charge in [0.15, 0.2) is 5.65 Å². The largest absolute Gasteiger partial charge is 0.379 e. The molecule has 8 nitrogen and oxygen atoms in total. The Morgan fingerprint density at radius 1 is 1.03 bits per heavy atom. The van der Waals surface area contributed by atoms with Crippen LogP contribution < -0.4 is 5.32 Å². The molecule has 4 aromatic rings. The van der Waals surface area contributed by atoms with Crippen molar-refractivity contribution in [2.75, 3.05) is 31.6 Å². The minimum absolute atomic E-state index is 0.433. The van der Waals surface area contributed by atoms with Gasteiger partial charge in [-0.05, 0) is 37.1 Å². The van der Waals surface area contributed by atoms with Crippen molar-refractivity contribution in [3.8, 4) is 11.1 Å². The molecule has 1 N–H and O–H groups in total. The molecule has 0 radical (unpaired) electrons. The smallest absolute Gasteiger partial charge is 0.241 e. The first-order valence-corrected chi connectivity index (χ1v) is 10.5. The van der Waals surface area contributed by atoms with Crippen molar-refractivity contribution >= 4 is 22.5 Å². The molecule has 6 rings (SSSR count). The van der Waals surface area contributed by atoms with Gasteiger partial charge in [0.2, 0.25) is 5.95 Å². The first-order valence-electron chi connectivity index (χ1n) is 10.5. The number of hydrogen-bond acceptors (Lipinski definition) is 7. The molecule has 1 saturated heterocycles. The van der Waals surface area contributed by atoms with E-state index in [2.05, 4.69) is 42.4 Å². The summed E-state index contributed by atoms with van der Waals surface area (Å²) >= 11 is 0. The molecule has 0 unspecified atom stereocenters. The second-order valence-electron chi connectivity index (χ2n) is 8.03. The van der Waals surface area contributed by atoms with Gasteiger partial charge in [0.05, 0.1) is 24.9 Å². The summed E-state index contributed by atoms with van der Waals surface area (Å²) < 4.78 is 7.33. The van der Waals surface area contributed by atoms with Gasteiger partial charge >= 0.3 is 0 Å². The van der Waals surface area contributed by atoms with Crippen LogP contribution in [0.5, 0.6) is 0 Å². The van der Waals surface area contributed by atoms with Gasteiger partial charge in [0.1, 0.15) is 0 Å². The molecule has 0 spiro atoms. The van der Waals surface area contributed by atoms with Crippen LogP contribution in [0.25, 0.3) is 27.7 Å². The van der Waals surface area contributed by atoms with Gasteiger partial charge in [-0.15, -0.1) is 5.10 Å². The number of morpholine rings is 1. The molecule has 30 heavy (non-hydrogen) atoms. The van der Waals surface area contributed by atoms with Crippen molar-refractivity contribution in [3.63, 3.8) is 0 Å². The number of nitrogens with zero attached hydrogens (tertiary/aromatic N) is 6. The third-order valence-corrected chi connectivity index (χ3v) is 6.19. The van der Waals surface area contributed by atoms with Crippen LogP contribution >= 0.6 is 0 Å². The van der Waals surface area contributed by atoms with E-state index >= 15 is 0 Å². The van der Waals surface area contributed by atoms with Crippen molar-refractivity contribution in [1.29, 1.82) is 0 Å². The highest BCUT2D eigenvalue weighted by atomic mass is 16.5. The lowest BCUT2D eigenvalue weighted by atomic mass is 9.85. The Bertz CT molecular complexity index is 1190. The van der Waals surface area contributed by atoms with Crippen LogP contribution in [0.3, 0.4) is 0 Å². The van der Waals surface area contributed by atoms with Crippen LogP contribution in [0.2, 0.25) is 0 Å². The first kappa shape index (κ1) is 17.7. The maximum Gasteiger partial charge on any atom is 0.241 e. The average molecular weight is 401 g/mol. The van der Waals surface area contributed by atoms with Crippen LogP contribution in [-0.4, -0.2) is 67.9 Å². The molecular formula is C22H23N7O. The van der Waals surface area contributed by atoms with E-state index in [1.54, 1.807) is 6.20 Å². The maximum absolute atomic E-state index is 5.45. The Morgan fingerprint density at radius 3 is 2.83 bits per heavy atom. The minimum Gasteiger partial charge on any atom is -0.379 e. The van der Waals surface area contributed by atoms with E-state index in [1.165, 1.54) is 0 Å². The molecule has 1 aliphatic heterocycles. The van der Waals surface area contributed by atoms with Crippen LogP contribution in [0.15, 0.2) is 49.1 Å². The summed E-state index contributed by atoms with van der Waals surface area (Å²) in [6, 6.07) is 9.21. The summed E-state index contributed by atoms with van der Waals surface area (Å²) in [5.41, 5.74) is 3.82. The number of ether oxygens (including phenoxy) is 1. The molecule has 0 bridgehead atoms. The second-order valence-corrected chi connectivity index (χ2v) is 8.03. The average Bonchev–Trinajstić information content (AvgIpc) is 3.19. The van der Waals surface area contributed by atoms with Crippen molar-refractivity contribution in [1.82, 2.24) is 29.5 Å². The Balaban J connectivity index is 1.18. The Morgan fingerprint density at radius 2 is 1.93 bits per heavy atom. The van der Waals surface area contributed by atoms with Crippen LogP contribution in [-0.2, 0) is 4.74 Å². The van der Waals surface area contributed by atoms with Crippen molar-refractivity contribution in [3.05, 3.63) is 49.1 Å². The zero-order valence-corrected chi connectivity index (χ0v) is 16.6. The monoisotopic (exact) mass is 401 g/mol. The molecule has 5 heterocycles. The third-order valence-electron chi connectivity index (χ3n) is 6.19. The highest BCUT2D eigenvalue weighted by Gasteiger charge is 2.34. The molecule has 0 amide bonds. The van der Waals surface area contributed by atoms with Crippen molar-refractivity contribution in [2.45, 2.75) is 24.9 Å². The molecule has 2 fully saturated rings. The standard InChI is InChI=1S/C22H23N7O/c1-2-15-10-16(13-24-21(15)23-4-1)19-3-5-29-20(19)14-25-22(27-29)26-17-11-18(12-17)28-6-8-30-9-7-28/h1-5,10,13-14,17-18H,6-9,11-12H2,(H,26,27). The highest BCUT2D eigenvalue weighted by Crippen LogP contribution is 2.30. The lowest BCUT2D eigenvalue weighted by Crippen LogP contribution is -2.53. The van der Waals surface area contributed by atoms with E-state index in [9.17, 15) is 0 Å². The summed E-state index contributed by atoms with van der Waals surface area (Å²) in [6.07, 6.45) is 9.75. The number of pyridine rings is 2.